The number of aromatic hydroxyl groups is 1. The lowest BCUT2D eigenvalue weighted by Gasteiger charge is -2.20. The van der Waals surface area contributed by atoms with Crippen LogP contribution in [0.5, 0.6) is 5.88 Å². The van der Waals surface area contributed by atoms with E-state index < -0.39 is 11.8 Å². The van der Waals surface area contributed by atoms with Crippen molar-refractivity contribution in [3.05, 3.63) is 94.1 Å². The molecule has 4 aromatic rings. The minimum Gasteiger partial charge on any atom is -0.493 e. The SMILES string of the molecule is CCN(CC)c1ccc(/C=C(\NC(=O)c2ccccc2)C(=O)N=Nc2c(O)[nH]c3ccc(Br)cc23)cc1. The van der Waals surface area contributed by atoms with Crippen molar-refractivity contribution in [2.75, 3.05) is 18.0 Å². The number of rotatable bonds is 8. The molecule has 37 heavy (non-hydrogen) atoms. The summed E-state index contributed by atoms with van der Waals surface area (Å²) in [5, 5.41) is 21.4. The standard InChI is InChI=1S/C28H26BrN5O3/c1-3-34(4-2)21-13-10-18(11-14-21)16-24(31-26(35)19-8-6-5-7-9-19)27(36)33-32-25-22-17-20(29)12-15-23(22)30-28(25)37/h5-17,30,37H,3-4H2,1-2H3,(H,31,35)/b24-16-,33-32?. The summed E-state index contributed by atoms with van der Waals surface area (Å²) < 4.78 is 0.783. The normalized spacial score (nSPS) is 11.7. The van der Waals surface area contributed by atoms with Crippen LogP contribution in [0.25, 0.3) is 17.0 Å². The molecule has 2 amide bonds. The molecule has 4 rings (SSSR count). The maximum absolute atomic E-state index is 13.1. The first-order chi connectivity index (χ1) is 17.9. The van der Waals surface area contributed by atoms with E-state index in [0.29, 0.717) is 22.0 Å². The van der Waals surface area contributed by atoms with Crippen LogP contribution in [-0.4, -0.2) is 35.0 Å². The maximum Gasteiger partial charge on any atom is 0.311 e. The molecule has 0 aliphatic carbocycles. The highest BCUT2D eigenvalue weighted by molar-refractivity contribution is 9.10. The third-order valence-electron chi connectivity index (χ3n) is 5.80. The highest BCUT2D eigenvalue weighted by Crippen LogP contribution is 2.36. The number of fused-ring (bicyclic) bond motifs is 1. The quantitative estimate of drug-likeness (QED) is 0.167. The molecule has 0 saturated heterocycles. The Morgan fingerprint density at radius 2 is 1.73 bits per heavy atom. The van der Waals surface area contributed by atoms with Crippen molar-refractivity contribution in [2.45, 2.75) is 13.8 Å². The second-order valence-electron chi connectivity index (χ2n) is 8.16. The largest absolute Gasteiger partial charge is 0.493 e. The van der Waals surface area contributed by atoms with Gasteiger partial charge < -0.3 is 20.3 Å². The average molecular weight is 560 g/mol. The Kier molecular flexibility index (Phi) is 8.15. The van der Waals surface area contributed by atoms with E-state index in [1.807, 2.05) is 30.3 Å². The number of halogens is 1. The Morgan fingerprint density at radius 3 is 2.41 bits per heavy atom. The minimum absolute atomic E-state index is 0.0475. The highest BCUT2D eigenvalue weighted by Gasteiger charge is 2.16. The Hall–Kier alpha value is -4.24. The van der Waals surface area contributed by atoms with Crippen LogP contribution in [0, 0.1) is 0 Å². The summed E-state index contributed by atoms with van der Waals surface area (Å²) in [5.74, 6) is -1.43. The van der Waals surface area contributed by atoms with Gasteiger partial charge in [-0.2, -0.15) is 0 Å². The Balaban J connectivity index is 1.66. The van der Waals surface area contributed by atoms with E-state index in [1.54, 1.807) is 48.5 Å². The van der Waals surface area contributed by atoms with Gasteiger partial charge >= 0.3 is 5.91 Å². The molecule has 1 heterocycles. The summed E-state index contributed by atoms with van der Waals surface area (Å²) >= 11 is 3.39. The predicted octanol–water partition coefficient (Wildman–Crippen LogP) is 6.56. The van der Waals surface area contributed by atoms with Gasteiger partial charge in [0.2, 0.25) is 5.88 Å². The highest BCUT2D eigenvalue weighted by atomic mass is 79.9. The van der Waals surface area contributed by atoms with Gasteiger partial charge in [-0.1, -0.05) is 46.3 Å². The summed E-state index contributed by atoms with van der Waals surface area (Å²) in [6.45, 7) is 5.92. The number of hydrogen-bond acceptors (Lipinski definition) is 5. The zero-order valence-corrected chi connectivity index (χ0v) is 22.0. The average Bonchev–Trinajstić information content (AvgIpc) is 3.22. The fraction of sp³-hybridized carbons (Fsp3) is 0.143. The number of carbonyl (C=O) groups is 2. The molecule has 9 heteroatoms. The van der Waals surface area contributed by atoms with E-state index in [4.69, 9.17) is 0 Å². The Bertz CT molecular complexity index is 1470. The van der Waals surface area contributed by atoms with E-state index in [2.05, 4.69) is 55.2 Å². The van der Waals surface area contributed by atoms with Crippen LogP contribution in [0.1, 0.15) is 29.8 Å². The molecule has 0 radical (unpaired) electrons. The first-order valence-corrected chi connectivity index (χ1v) is 12.6. The Labute approximate surface area is 222 Å². The number of amides is 2. The molecule has 1 aromatic heterocycles. The van der Waals surface area contributed by atoms with E-state index >= 15 is 0 Å². The number of aromatic amines is 1. The van der Waals surface area contributed by atoms with Crippen LogP contribution >= 0.6 is 15.9 Å². The van der Waals surface area contributed by atoms with Gasteiger partial charge in [0.05, 0.1) is 5.52 Å². The van der Waals surface area contributed by atoms with Gasteiger partial charge in [0.15, 0.2) is 5.69 Å². The summed E-state index contributed by atoms with van der Waals surface area (Å²) in [6, 6.07) is 21.6. The van der Waals surface area contributed by atoms with Crippen LogP contribution in [0.4, 0.5) is 11.4 Å². The molecule has 3 aromatic carbocycles. The predicted molar refractivity (Wildman–Crippen MR) is 149 cm³/mol. The second kappa shape index (κ2) is 11.7. The van der Waals surface area contributed by atoms with Crippen molar-refractivity contribution in [3.63, 3.8) is 0 Å². The van der Waals surface area contributed by atoms with Crippen LogP contribution < -0.4 is 10.2 Å². The first kappa shape index (κ1) is 25.8. The monoisotopic (exact) mass is 559 g/mol. The maximum atomic E-state index is 13.1. The van der Waals surface area contributed by atoms with Gasteiger partial charge in [-0.25, -0.2) is 0 Å². The first-order valence-electron chi connectivity index (χ1n) is 11.8. The van der Waals surface area contributed by atoms with E-state index in [-0.39, 0.29) is 17.3 Å². The summed E-state index contributed by atoms with van der Waals surface area (Å²) in [6.07, 6.45) is 1.56. The van der Waals surface area contributed by atoms with Crippen LogP contribution in [0.3, 0.4) is 0 Å². The number of H-pyrrole nitrogens is 1. The molecule has 0 spiro atoms. The molecule has 0 bridgehead atoms. The van der Waals surface area contributed by atoms with Gasteiger partial charge in [0.25, 0.3) is 5.91 Å². The topological polar surface area (TPSA) is 110 Å². The summed E-state index contributed by atoms with van der Waals surface area (Å²) in [7, 11) is 0. The van der Waals surface area contributed by atoms with Gasteiger partial charge in [-0.15, -0.1) is 10.2 Å². The van der Waals surface area contributed by atoms with Crippen molar-refractivity contribution in [1.82, 2.24) is 10.3 Å². The van der Waals surface area contributed by atoms with E-state index in [0.717, 1.165) is 23.2 Å². The van der Waals surface area contributed by atoms with Crippen LogP contribution in [0.2, 0.25) is 0 Å². The van der Waals surface area contributed by atoms with Crippen molar-refractivity contribution < 1.29 is 14.7 Å². The fourth-order valence-corrected chi connectivity index (χ4v) is 4.22. The smallest absolute Gasteiger partial charge is 0.311 e. The van der Waals surface area contributed by atoms with Crippen molar-refractivity contribution in [2.24, 2.45) is 10.2 Å². The third kappa shape index (κ3) is 6.13. The number of anilines is 1. The zero-order chi connectivity index (χ0) is 26.4. The van der Waals surface area contributed by atoms with Crippen LogP contribution in [-0.2, 0) is 4.79 Å². The molecule has 3 N–H and O–H groups in total. The zero-order valence-electron chi connectivity index (χ0n) is 20.4. The second-order valence-corrected chi connectivity index (χ2v) is 9.07. The fourth-order valence-electron chi connectivity index (χ4n) is 3.86. The molecule has 0 unspecified atom stereocenters. The molecular weight excluding hydrogens is 534 g/mol. The van der Waals surface area contributed by atoms with Gasteiger partial charge in [0.1, 0.15) is 5.70 Å². The molecule has 0 fully saturated rings. The van der Waals surface area contributed by atoms with Crippen molar-refractivity contribution in [1.29, 1.82) is 0 Å². The molecule has 8 nitrogen and oxygen atoms in total. The van der Waals surface area contributed by atoms with Crippen LogP contribution in [0.15, 0.2) is 93.2 Å². The lowest BCUT2D eigenvalue weighted by atomic mass is 10.1. The van der Waals surface area contributed by atoms with Crippen molar-refractivity contribution in [3.8, 4) is 5.88 Å². The lowest BCUT2D eigenvalue weighted by molar-refractivity contribution is -0.115. The molecule has 0 aliphatic heterocycles. The number of nitrogens with zero attached hydrogens (tertiary/aromatic N) is 3. The number of carbonyl (C=O) groups excluding carboxylic acids is 2. The van der Waals surface area contributed by atoms with Crippen molar-refractivity contribution >= 4 is 56.1 Å². The lowest BCUT2D eigenvalue weighted by Crippen LogP contribution is -2.26. The number of hydrogen-bond donors (Lipinski definition) is 3. The molecule has 188 valence electrons. The molecule has 0 atom stereocenters. The van der Waals surface area contributed by atoms with E-state index in [9.17, 15) is 14.7 Å². The number of nitrogens with one attached hydrogen (secondary N) is 2. The number of azo groups is 1. The molecule has 0 saturated carbocycles. The minimum atomic E-state index is -0.763. The molecular formula is C28H26BrN5O3. The van der Waals surface area contributed by atoms with E-state index in [1.165, 1.54) is 0 Å². The number of aromatic nitrogens is 1. The molecule has 0 aliphatic rings. The van der Waals surface area contributed by atoms with Gasteiger partial charge in [-0.3, -0.25) is 9.59 Å². The number of benzene rings is 3. The third-order valence-corrected chi connectivity index (χ3v) is 6.30. The Morgan fingerprint density at radius 1 is 1.03 bits per heavy atom. The van der Waals surface area contributed by atoms with Gasteiger partial charge in [-0.05, 0) is 68.0 Å². The van der Waals surface area contributed by atoms with Gasteiger partial charge in [0, 0.05) is 34.2 Å². The summed E-state index contributed by atoms with van der Waals surface area (Å²) in [5.41, 5.74) is 2.89. The summed E-state index contributed by atoms with van der Waals surface area (Å²) in [4.78, 5) is 31.0.